The van der Waals surface area contributed by atoms with Crippen molar-refractivity contribution in [3.8, 4) is 0 Å². The van der Waals surface area contributed by atoms with Gasteiger partial charge in [-0.05, 0) is 0 Å². The van der Waals surface area contributed by atoms with E-state index in [4.69, 9.17) is 15.1 Å². The van der Waals surface area contributed by atoms with Gasteiger partial charge in [-0.3, -0.25) is 0 Å². The summed E-state index contributed by atoms with van der Waals surface area (Å²) in [6.07, 6.45) is -3.02. The summed E-state index contributed by atoms with van der Waals surface area (Å²) in [6.45, 7) is -0.624. The van der Waals surface area contributed by atoms with E-state index in [1.807, 2.05) is 0 Å². The molecule has 15 heavy (non-hydrogen) atoms. The Balaban J connectivity index is 2.59. The molecule has 9 heteroatoms. The van der Waals surface area contributed by atoms with Gasteiger partial charge in [0.1, 0.15) is 12.7 Å². The molecule has 0 aromatic carbocycles. The van der Waals surface area contributed by atoms with Crippen molar-refractivity contribution >= 4 is 14.2 Å². The van der Waals surface area contributed by atoms with Gasteiger partial charge in [0.15, 0.2) is 11.9 Å². The summed E-state index contributed by atoms with van der Waals surface area (Å²) in [5.41, 5.74) is 0. The average Bonchev–Trinajstić information content (AvgIpc) is 2.42. The molecule has 0 amide bonds. The molecule has 1 aliphatic heterocycles. The summed E-state index contributed by atoms with van der Waals surface area (Å²) in [5.74, 6) is -3.00. The number of esters is 1. The number of aliphatic hydroxyl groups is 3. The molecule has 8 nitrogen and oxygen atoms in total. The van der Waals surface area contributed by atoms with Gasteiger partial charge in [-0.25, -0.2) is 4.79 Å². The van der Waals surface area contributed by atoms with Crippen LogP contribution in [0.25, 0.3) is 0 Å². The molecule has 3 atom stereocenters. The number of hydrogen-bond donors (Lipinski definition) is 4. The summed E-state index contributed by atoms with van der Waals surface area (Å²) in [4.78, 5) is 18.9. The lowest BCUT2D eigenvalue weighted by Gasteiger charge is -2.13. The van der Waals surface area contributed by atoms with Gasteiger partial charge in [0, 0.05) is 4.57 Å². The highest BCUT2D eigenvalue weighted by atomic mass is 31.1. The molecule has 0 fully saturated rings. The first-order valence-electron chi connectivity index (χ1n) is 3.73. The third-order valence-electron chi connectivity index (χ3n) is 1.64. The summed E-state index contributed by atoms with van der Waals surface area (Å²) in [6, 6.07) is 0. The zero-order valence-electron chi connectivity index (χ0n) is 7.23. The van der Waals surface area contributed by atoms with Crippen molar-refractivity contribution in [3.63, 3.8) is 0 Å². The van der Waals surface area contributed by atoms with Crippen molar-refractivity contribution in [1.82, 2.24) is 0 Å². The van der Waals surface area contributed by atoms with Crippen LogP contribution in [-0.4, -0.2) is 45.0 Å². The fraction of sp³-hybridized carbons (Fsp3) is 0.500. The van der Waals surface area contributed by atoms with E-state index in [1.54, 1.807) is 0 Å². The van der Waals surface area contributed by atoms with Crippen LogP contribution in [0.4, 0.5) is 0 Å². The molecule has 0 spiro atoms. The average molecular weight is 239 g/mol. The topological polar surface area (TPSA) is 134 Å². The van der Waals surface area contributed by atoms with Crippen LogP contribution in [0.5, 0.6) is 0 Å². The Kier molecular flexibility index (Phi) is 3.59. The third-order valence-corrected chi connectivity index (χ3v) is 2.01. The smallest absolute Gasteiger partial charge is 0.505 e. The van der Waals surface area contributed by atoms with Gasteiger partial charge in [-0.1, -0.05) is 0 Å². The molecule has 0 radical (unpaired) electrons. The maximum atomic E-state index is 10.7. The lowest BCUT2D eigenvalue weighted by Crippen LogP contribution is -2.32. The third kappa shape index (κ3) is 2.63. The predicted octanol–water partition coefficient (Wildman–Crippen LogP) is -0.733. The maximum absolute atomic E-state index is 10.7. The summed E-state index contributed by atoms with van der Waals surface area (Å²) in [7, 11) is -2.89. The second-order valence-corrected chi connectivity index (χ2v) is 3.39. The van der Waals surface area contributed by atoms with Gasteiger partial charge in [-0.2, -0.15) is 0 Å². The van der Waals surface area contributed by atoms with E-state index in [2.05, 4.69) is 9.26 Å². The summed E-state index contributed by atoms with van der Waals surface area (Å²) >= 11 is 0. The number of carbonyl (C=O) groups excluding carboxylic acids is 1. The number of ether oxygens (including phenoxy) is 1. The molecule has 4 N–H and O–H groups in total. The van der Waals surface area contributed by atoms with Gasteiger partial charge in [0.25, 0.3) is 0 Å². The molecule has 1 unspecified atom stereocenters. The van der Waals surface area contributed by atoms with Crippen molar-refractivity contribution in [2.75, 3.05) is 6.61 Å². The van der Waals surface area contributed by atoms with Crippen LogP contribution in [0.3, 0.4) is 0 Å². The minimum absolute atomic E-state index is 0.624. The van der Waals surface area contributed by atoms with Gasteiger partial charge < -0.3 is 20.1 Å². The fourth-order valence-electron chi connectivity index (χ4n) is 0.955. The Labute approximate surface area is 84.3 Å². The van der Waals surface area contributed by atoms with Crippen LogP contribution in [0.15, 0.2) is 11.5 Å². The van der Waals surface area contributed by atoms with Gasteiger partial charge in [0.2, 0.25) is 5.76 Å². The zero-order valence-corrected chi connectivity index (χ0v) is 8.13. The monoisotopic (exact) mass is 239 g/mol. The summed E-state index contributed by atoms with van der Waals surface area (Å²) in [5, 5.41) is 27.2. The highest BCUT2D eigenvalue weighted by molar-refractivity contribution is 7.32. The molecule has 0 aromatic rings. The zero-order chi connectivity index (χ0) is 11.6. The van der Waals surface area contributed by atoms with Crippen LogP contribution < -0.4 is 0 Å². The number of cyclic esters (lactones) is 1. The fourth-order valence-corrected chi connectivity index (χ4v) is 1.23. The normalized spacial score (nSPS) is 24.0. The Morgan fingerprint density at radius 2 is 2.13 bits per heavy atom. The molecule has 0 aromatic heterocycles. The minimum Gasteiger partial charge on any atom is -0.505 e. The Bertz CT molecular complexity index is 323. The predicted molar refractivity (Wildman–Crippen MR) is 43.9 cm³/mol. The van der Waals surface area contributed by atoms with Crippen LogP contribution in [0.1, 0.15) is 0 Å². The Morgan fingerprint density at radius 3 is 2.53 bits per heavy atom. The van der Waals surface area contributed by atoms with E-state index in [-0.39, 0.29) is 0 Å². The van der Waals surface area contributed by atoms with Crippen LogP contribution in [0, 0.1) is 0 Å². The van der Waals surface area contributed by atoms with Crippen molar-refractivity contribution in [3.05, 3.63) is 11.5 Å². The molecule has 1 aliphatic rings. The lowest BCUT2D eigenvalue weighted by atomic mass is 10.2. The largest absolute Gasteiger partial charge is 0.694 e. The van der Waals surface area contributed by atoms with Crippen molar-refractivity contribution in [2.24, 2.45) is 0 Å². The molecule has 0 aliphatic carbocycles. The van der Waals surface area contributed by atoms with Crippen LogP contribution >= 0.6 is 8.25 Å². The molecule has 1 rings (SSSR count). The van der Waals surface area contributed by atoms with Gasteiger partial charge in [-0.15, -0.1) is 9.42 Å². The molecule has 0 bridgehead atoms. The van der Waals surface area contributed by atoms with Crippen LogP contribution in [-0.2, 0) is 18.6 Å². The number of aliphatic hydroxyl groups excluding tert-OH is 3. The summed E-state index contributed by atoms with van der Waals surface area (Å²) < 4.78 is 18.6. The Morgan fingerprint density at radius 1 is 1.53 bits per heavy atom. The first-order valence-corrected chi connectivity index (χ1v) is 4.86. The highest BCUT2D eigenvalue weighted by Gasteiger charge is 2.40. The van der Waals surface area contributed by atoms with E-state index in [1.165, 1.54) is 0 Å². The number of hydrogen-bond acceptors (Lipinski definition) is 7. The number of rotatable bonds is 4. The van der Waals surface area contributed by atoms with E-state index >= 15 is 0 Å². The molecule has 1 heterocycles. The van der Waals surface area contributed by atoms with E-state index < -0.39 is 44.6 Å². The van der Waals surface area contributed by atoms with E-state index in [0.717, 1.165) is 0 Å². The molecular weight excluding hydrogens is 231 g/mol. The quantitative estimate of drug-likeness (QED) is 0.372. The van der Waals surface area contributed by atoms with Crippen molar-refractivity contribution in [2.45, 2.75) is 12.2 Å². The molecule has 0 saturated heterocycles. The molecule has 0 saturated carbocycles. The number of carbonyl (C=O) groups is 1. The van der Waals surface area contributed by atoms with E-state index in [9.17, 15) is 14.5 Å². The SMILES string of the molecule is O=C1O[C@H]([C@@H](O)CO[P+](=O)O)C(O)=C1O. The van der Waals surface area contributed by atoms with Crippen LogP contribution in [0.2, 0.25) is 0 Å². The maximum Gasteiger partial charge on any atom is 0.694 e. The standard InChI is InChI=1S/C6H7O8P/c7-2(1-13-15(11)12)5-3(8)4(9)6(10)14-5/h2,5,7H,1H2,(H2-,8,9,10,11,12)/p+1/t2-,5+/m0/s1. The van der Waals surface area contributed by atoms with Gasteiger partial charge in [0.05, 0.1) is 0 Å². The second-order valence-electron chi connectivity index (χ2n) is 2.66. The minimum atomic E-state index is -2.89. The first-order chi connectivity index (χ1) is 6.93. The second kappa shape index (κ2) is 4.54. The van der Waals surface area contributed by atoms with E-state index in [0.29, 0.717) is 0 Å². The molecule has 84 valence electrons. The Hall–Kier alpha value is -1.21. The molecular formula is C6H8O8P+. The highest BCUT2D eigenvalue weighted by Crippen LogP contribution is 2.23. The van der Waals surface area contributed by atoms with Gasteiger partial charge >= 0.3 is 14.2 Å². The van der Waals surface area contributed by atoms with Crippen molar-refractivity contribution < 1.29 is 38.8 Å². The lowest BCUT2D eigenvalue weighted by molar-refractivity contribution is -0.147. The van der Waals surface area contributed by atoms with Crippen molar-refractivity contribution in [1.29, 1.82) is 0 Å². The first kappa shape index (κ1) is 11.9.